The van der Waals surface area contributed by atoms with Crippen molar-refractivity contribution in [3.8, 4) is 0 Å². The van der Waals surface area contributed by atoms with Crippen molar-refractivity contribution in [1.29, 1.82) is 0 Å². The van der Waals surface area contributed by atoms with Crippen molar-refractivity contribution in [1.82, 2.24) is 14.5 Å². The lowest BCUT2D eigenvalue weighted by Gasteiger charge is -2.48. The van der Waals surface area contributed by atoms with E-state index in [2.05, 4.69) is 24.1 Å². The number of hydrogen-bond donors (Lipinski definition) is 1. The van der Waals surface area contributed by atoms with E-state index in [-0.39, 0.29) is 0 Å². The Kier molecular flexibility index (Phi) is 4.79. The first-order chi connectivity index (χ1) is 9.23. The zero-order valence-corrected chi connectivity index (χ0v) is 14.0. The number of rotatable bonds is 3. The summed E-state index contributed by atoms with van der Waals surface area (Å²) in [6, 6.07) is 1.07. The molecule has 20 heavy (non-hydrogen) atoms. The molecule has 2 aliphatic rings. The number of piperazine rings is 1. The van der Waals surface area contributed by atoms with Crippen LogP contribution in [0.2, 0.25) is 0 Å². The zero-order valence-electron chi connectivity index (χ0n) is 13.2. The highest BCUT2D eigenvalue weighted by atomic mass is 32.2. The molecule has 1 N–H and O–H groups in total. The molecule has 0 amide bonds. The molecule has 1 saturated heterocycles. The fourth-order valence-electron chi connectivity index (χ4n) is 3.64. The summed E-state index contributed by atoms with van der Waals surface area (Å²) in [6.45, 7) is 7.66. The molecule has 0 aromatic rings. The summed E-state index contributed by atoms with van der Waals surface area (Å²) in [5.41, 5.74) is 0.395. The van der Waals surface area contributed by atoms with Gasteiger partial charge in [0, 0.05) is 38.3 Å². The van der Waals surface area contributed by atoms with Gasteiger partial charge in [0.2, 0.25) is 10.0 Å². The fourth-order valence-corrected chi connectivity index (χ4v) is 4.46. The van der Waals surface area contributed by atoms with E-state index in [1.54, 1.807) is 4.31 Å². The maximum Gasteiger partial charge on any atom is 0.211 e. The number of sulfonamides is 1. The summed E-state index contributed by atoms with van der Waals surface area (Å²) in [4.78, 5) is 2.49. The molecule has 2 fully saturated rings. The summed E-state index contributed by atoms with van der Waals surface area (Å²) in [5.74, 6) is 0. The molecule has 0 bridgehead atoms. The monoisotopic (exact) mass is 303 g/mol. The number of nitrogens with one attached hydrogen (secondary N) is 1. The maximum absolute atomic E-state index is 11.6. The van der Waals surface area contributed by atoms with Crippen LogP contribution in [0, 0.1) is 5.41 Å². The minimum absolute atomic E-state index is 0.395. The zero-order chi connectivity index (χ0) is 15.0. The summed E-state index contributed by atoms with van der Waals surface area (Å²) >= 11 is 0. The van der Waals surface area contributed by atoms with Gasteiger partial charge in [0.15, 0.2) is 0 Å². The Hall–Kier alpha value is -0.170. The van der Waals surface area contributed by atoms with Gasteiger partial charge in [-0.25, -0.2) is 8.42 Å². The minimum atomic E-state index is -3.03. The minimum Gasteiger partial charge on any atom is -0.315 e. The van der Waals surface area contributed by atoms with E-state index in [1.807, 2.05) is 7.05 Å². The molecule has 6 heteroatoms. The molecular formula is C14H29N3O2S. The van der Waals surface area contributed by atoms with Crippen molar-refractivity contribution in [3.63, 3.8) is 0 Å². The van der Waals surface area contributed by atoms with Gasteiger partial charge in [-0.3, -0.25) is 4.90 Å². The van der Waals surface area contributed by atoms with E-state index >= 15 is 0 Å². The predicted octanol–water partition coefficient (Wildman–Crippen LogP) is 0.730. The average molecular weight is 303 g/mol. The maximum atomic E-state index is 11.6. The SMILES string of the molecule is CNC1CCC(C)(C)CC1N1CCN(S(C)(=O)=O)CC1. The van der Waals surface area contributed by atoms with Crippen molar-refractivity contribution in [2.45, 2.75) is 45.2 Å². The standard InChI is InChI=1S/C14H29N3O2S/c1-14(2)6-5-12(15-3)13(11-14)16-7-9-17(10-8-16)20(4,18)19/h12-13,15H,5-11H2,1-4H3. The Morgan fingerprint density at radius 3 is 2.25 bits per heavy atom. The fraction of sp³-hybridized carbons (Fsp3) is 1.00. The van der Waals surface area contributed by atoms with Crippen LogP contribution < -0.4 is 5.32 Å². The molecule has 0 aromatic heterocycles. The third kappa shape index (κ3) is 3.72. The van der Waals surface area contributed by atoms with E-state index in [4.69, 9.17) is 0 Å². The molecule has 2 rings (SSSR count). The summed E-state index contributed by atoms with van der Waals surface area (Å²) in [7, 11) is -0.987. The Morgan fingerprint density at radius 1 is 1.15 bits per heavy atom. The second kappa shape index (κ2) is 5.91. The molecule has 1 heterocycles. The van der Waals surface area contributed by atoms with E-state index in [0.717, 1.165) is 13.1 Å². The van der Waals surface area contributed by atoms with Crippen molar-refractivity contribution < 1.29 is 8.42 Å². The van der Waals surface area contributed by atoms with Crippen molar-refractivity contribution in [2.24, 2.45) is 5.41 Å². The highest BCUT2D eigenvalue weighted by Crippen LogP contribution is 2.37. The van der Waals surface area contributed by atoms with E-state index in [9.17, 15) is 8.42 Å². The Morgan fingerprint density at radius 2 is 1.75 bits per heavy atom. The molecular weight excluding hydrogens is 274 g/mol. The van der Waals surface area contributed by atoms with E-state index < -0.39 is 10.0 Å². The first kappa shape index (κ1) is 16.2. The summed E-state index contributed by atoms with van der Waals surface area (Å²) in [5, 5.41) is 3.46. The third-order valence-corrected chi connectivity index (χ3v) is 6.24. The van der Waals surface area contributed by atoms with Crippen LogP contribution in [-0.2, 0) is 10.0 Å². The largest absolute Gasteiger partial charge is 0.315 e. The van der Waals surface area contributed by atoms with Gasteiger partial charge < -0.3 is 5.32 Å². The van der Waals surface area contributed by atoms with Crippen LogP contribution in [0.4, 0.5) is 0 Å². The highest BCUT2D eigenvalue weighted by Gasteiger charge is 2.38. The van der Waals surface area contributed by atoms with Crippen molar-refractivity contribution in [3.05, 3.63) is 0 Å². The second-order valence-electron chi connectivity index (χ2n) is 7.07. The molecule has 0 aromatic carbocycles. The van der Waals surface area contributed by atoms with Gasteiger partial charge in [-0.15, -0.1) is 0 Å². The van der Waals surface area contributed by atoms with Crippen molar-refractivity contribution in [2.75, 3.05) is 39.5 Å². The second-order valence-corrected chi connectivity index (χ2v) is 9.05. The Balaban J connectivity index is 2.00. The smallest absolute Gasteiger partial charge is 0.211 e. The average Bonchev–Trinajstić information content (AvgIpc) is 2.37. The van der Waals surface area contributed by atoms with Crippen LogP contribution in [0.1, 0.15) is 33.1 Å². The van der Waals surface area contributed by atoms with Gasteiger partial charge in [-0.05, 0) is 31.7 Å². The van der Waals surface area contributed by atoms with Crippen LogP contribution >= 0.6 is 0 Å². The third-order valence-electron chi connectivity index (χ3n) is 4.94. The molecule has 1 aliphatic carbocycles. The van der Waals surface area contributed by atoms with Crippen LogP contribution in [0.3, 0.4) is 0 Å². The van der Waals surface area contributed by atoms with Gasteiger partial charge in [0.25, 0.3) is 0 Å². The molecule has 0 spiro atoms. The number of nitrogens with zero attached hydrogens (tertiary/aromatic N) is 2. The summed E-state index contributed by atoms with van der Waals surface area (Å²) < 4.78 is 24.8. The quantitative estimate of drug-likeness (QED) is 0.835. The Bertz CT molecular complexity index is 428. The molecule has 2 unspecified atom stereocenters. The Labute approximate surface area is 123 Å². The van der Waals surface area contributed by atoms with Gasteiger partial charge in [-0.2, -0.15) is 4.31 Å². The molecule has 1 aliphatic heterocycles. The lowest BCUT2D eigenvalue weighted by Crippen LogP contribution is -2.59. The van der Waals surface area contributed by atoms with Crippen LogP contribution in [0.5, 0.6) is 0 Å². The van der Waals surface area contributed by atoms with Crippen LogP contribution in [-0.4, -0.2) is 69.2 Å². The highest BCUT2D eigenvalue weighted by molar-refractivity contribution is 7.88. The van der Waals surface area contributed by atoms with Crippen molar-refractivity contribution >= 4 is 10.0 Å². The lowest BCUT2D eigenvalue weighted by molar-refractivity contribution is 0.0466. The predicted molar refractivity (Wildman–Crippen MR) is 82.3 cm³/mol. The normalized spacial score (nSPS) is 33.2. The van der Waals surface area contributed by atoms with Gasteiger partial charge in [0.1, 0.15) is 0 Å². The number of hydrogen-bond acceptors (Lipinski definition) is 4. The van der Waals surface area contributed by atoms with Gasteiger partial charge in [-0.1, -0.05) is 13.8 Å². The number of likely N-dealkylation sites (N-methyl/N-ethyl adjacent to an activating group) is 1. The van der Waals surface area contributed by atoms with E-state index in [0.29, 0.717) is 30.6 Å². The van der Waals surface area contributed by atoms with Gasteiger partial charge in [0.05, 0.1) is 6.26 Å². The molecule has 0 radical (unpaired) electrons. The topological polar surface area (TPSA) is 52.6 Å². The molecule has 1 saturated carbocycles. The molecule has 5 nitrogen and oxygen atoms in total. The molecule has 118 valence electrons. The first-order valence-electron chi connectivity index (χ1n) is 7.59. The summed E-state index contributed by atoms with van der Waals surface area (Å²) in [6.07, 6.45) is 4.97. The van der Waals surface area contributed by atoms with Gasteiger partial charge >= 0.3 is 0 Å². The van der Waals surface area contributed by atoms with E-state index in [1.165, 1.54) is 25.5 Å². The lowest BCUT2D eigenvalue weighted by atomic mass is 9.72. The van der Waals surface area contributed by atoms with Crippen LogP contribution in [0.25, 0.3) is 0 Å². The molecule has 2 atom stereocenters. The van der Waals surface area contributed by atoms with Crippen LogP contribution in [0.15, 0.2) is 0 Å². The first-order valence-corrected chi connectivity index (χ1v) is 9.44.